The standard InChI is InChI=1S/C14H19ClN2O3/c1-2-19-5-6-20-10-13(18)9-17-12-4-3-11(8-16)14(15)7-12/h3-4,7,13,17-18H,2,5-6,9-10H2,1H3. The molecule has 0 fully saturated rings. The number of nitriles is 1. The van der Waals surface area contributed by atoms with E-state index >= 15 is 0 Å². The molecule has 0 aliphatic rings. The molecule has 1 rings (SSSR count). The van der Waals surface area contributed by atoms with Crippen molar-refractivity contribution in [2.75, 3.05) is 38.3 Å². The molecule has 0 saturated carbocycles. The molecule has 6 heteroatoms. The zero-order valence-electron chi connectivity index (χ0n) is 11.4. The van der Waals surface area contributed by atoms with Crippen molar-refractivity contribution in [1.29, 1.82) is 5.26 Å². The summed E-state index contributed by atoms with van der Waals surface area (Å²) in [6.07, 6.45) is -0.619. The number of ether oxygens (including phenoxy) is 2. The Hall–Kier alpha value is -1.32. The van der Waals surface area contributed by atoms with Gasteiger partial charge in [0.2, 0.25) is 0 Å². The van der Waals surface area contributed by atoms with Crippen LogP contribution in [0.15, 0.2) is 18.2 Å². The molecular formula is C14H19ClN2O3. The van der Waals surface area contributed by atoms with Crippen molar-refractivity contribution in [3.63, 3.8) is 0 Å². The third-order valence-corrected chi connectivity index (χ3v) is 2.83. The van der Waals surface area contributed by atoms with Crippen LogP contribution in [0.5, 0.6) is 0 Å². The van der Waals surface area contributed by atoms with Gasteiger partial charge in [0.1, 0.15) is 6.07 Å². The first-order chi connectivity index (χ1) is 9.67. The van der Waals surface area contributed by atoms with Crippen LogP contribution in [0.1, 0.15) is 12.5 Å². The number of nitrogens with zero attached hydrogens (tertiary/aromatic N) is 1. The number of aliphatic hydroxyl groups excluding tert-OH is 1. The van der Waals surface area contributed by atoms with Crippen molar-refractivity contribution >= 4 is 17.3 Å². The lowest BCUT2D eigenvalue weighted by Crippen LogP contribution is -2.25. The molecule has 110 valence electrons. The highest BCUT2D eigenvalue weighted by molar-refractivity contribution is 6.32. The Labute approximate surface area is 124 Å². The highest BCUT2D eigenvalue weighted by Gasteiger charge is 2.05. The molecule has 0 aliphatic carbocycles. The van der Waals surface area contributed by atoms with E-state index in [9.17, 15) is 5.11 Å². The fourth-order valence-corrected chi connectivity index (χ4v) is 1.71. The van der Waals surface area contributed by atoms with Crippen molar-refractivity contribution in [1.82, 2.24) is 0 Å². The Kier molecular flexibility index (Phi) is 8.00. The second-order valence-electron chi connectivity index (χ2n) is 4.11. The third kappa shape index (κ3) is 6.22. The van der Waals surface area contributed by atoms with Crippen LogP contribution in [0.2, 0.25) is 5.02 Å². The average molecular weight is 299 g/mol. The molecule has 0 saturated heterocycles. The van der Waals surface area contributed by atoms with Crippen molar-refractivity contribution in [2.24, 2.45) is 0 Å². The molecule has 0 amide bonds. The van der Waals surface area contributed by atoms with Gasteiger partial charge in [0, 0.05) is 18.8 Å². The van der Waals surface area contributed by atoms with Gasteiger partial charge in [-0.15, -0.1) is 0 Å². The Morgan fingerprint density at radius 1 is 1.40 bits per heavy atom. The number of nitrogens with one attached hydrogen (secondary N) is 1. The van der Waals surface area contributed by atoms with E-state index < -0.39 is 6.10 Å². The van der Waals surface area contributed by atoms with E-state index in [1.54, 1.807) is 18.2 Å². The van der Waals surface area contributed by atoms with Crippen LogP contribution in [0, 0.1) is 11.3 Å². The summed E-state index contributed by atoms with van der Waals surface area (Å²) in [4.78, 5) is 0. The molecule has 0 aromatic heterocycles. The van der Waals surface area contributed by atoms with Crippen LogP contribution in [0.3, 0.4) is 0 Å². The van der Waals surface area contributed by atoms with E-state index in [4.69, 9.17) is 26.3 Å². The predicted molar refractivity (Wildman–Crippen MR) is 78.0 cm³/mol. The van der Waals surface area contributed by atoms with E-state index in [0.717, 1.165) is 5.69 Å². The third-order valence-electron chi connectivity index (χ3n) is 2.52. The summed E-state index contributed by atoms with van der Waals surface area (Å²) in [6.45, 7) is 4.16. The average Bonchev–Trinajstić information content (AvgIpc) is 2.45. The van der Waals surface area contributed by atoms with Crippen LogP contribution in [0.25, 0.3) is 0 Å². The molecule has 5 nitrogen and oxygen atoms in total. The van der Waals surface area contributed by atoms with E-state index in [1.165, 1.54) is 0 Å². The first-order valence-electron chi connectivity index (χ1n) is 6.44. The molecule has 0 bridgehead atoms. The number of aliphatic hydroxyl groups is 1. The molecule has 2 N–H and O–H groups in total. The fourth-order valence-electron chi connectivity index (χ4n) is 1.49. The van der Waals surface area contributed by atoms with Crippen LogP contribution in [-0.2, 0) is 9.47 Å². The van der Waals surface area contributed by atoms with Crippen LogP contribution < -0.4 is 5.32 Å². The lowest BCUT2D eigenvalue weighted by Gasteiger charge is -2.13. The lowest BCUT2D eigenvalue weighted by atomic mass is 10.2. The Morgan fingerprint density at radius 3 is 2.80 bits per heavy atom. The van der Waals surface area contributed by atoms with Gasteiger partial charge in [-0.3, -0.25) is 0 Å². The first kappa shape index (κ1) is 16.7. The maximum Gasteiger partial charge on any atom is 0.101 e. The maximum atomic E-state index is 9.72. The summed E-state index contributed by atoms with van der Waals surface area (Å²) >= 11 is 5.91. The molecule has 1 aromatic carbocycles. The molecular weight excluding hydrogens is 280 g/mol. The molecule has 0 aliphatic heterocycles. The van der Waals surface area contributed by atoms with E-state index in [0.29, 0.717) is 37.0 Å². The van der Waals surface area contributed by atoms with Gasteiger partial charge in [-0.1, -0.05) is 11.6 Å². The van der Waals surface area contributed by atoms with Crippen LogP contribution >= 0.6 is 11.6 Å². The second-order valence-corrected chi connectivity index (χ2v) is 4.52. The molecule has 0 radical (unpaired) electrons. The van der Waals surface area contributed by atoms with Crippen molar-refractivity contribution in [3.05, 3.63) is 28.8 Å². The van der Waals surface area contributed by atoms with Gasteiger partial charge in [-0.25, -0.2) is 0 Å². The summed E-state index contributed by atoms with van der Waals surface area (Å²) in [5, 5.41) is 21.9. The number of hydrogen-bond acceptors (Lipinski definition) is 5. The minimum absolute atomic E-state index is 0.240. The molecule has 0 heterocycles. The molecule has 0 spiro atoms. The van der Waals surface area contributed by atoms with Crippen molar-refractivity contribution < 1.29 is 14.6 Å². The molecule has 20 heavy (non-hydrogen) atoms. The van der Waals surface area contributed by atoms with E-state index in [2.05, 4.69) is 5.32 Å². The molecule has 1 unspecified atom stereocenters. The number of benzene rings is 1. The fraction of sp³-hybridized carbons (Fsp3) is 0.500. The van der Waals surface area contributed by atoms with Gasteiger partial charge in [-0.2, -0.15) is 5.26 Å². The summed E-state index contributed by atoms with van der Waals surface area (Å²) < 4.78 is 10.4. The quantitative estimate of drug-likeness (QED) is 0.682. The maximum absolute atomic E-state index is 9.72. The normalized spacial score (nSPS) is 11.9. The van der Waals surface area contributed by atoms with Gasteiger partial charge in [0.05, 0.1) is 36.5 Å². The first-order valence-corrected chi connectivity index (χ1v) is 6.82. The zero-order chi connectivity index (χ0) is 14.8. The van der Waals surface area contributed by atoms with E-state index in [1.807, 2.05) is 13.0 Å². The Morgan fingerprint density at radius 2 is 2.15 bits per heavy atom. The SMILES string of the molecule is CCOCCOCC(O)CNc1ccc(C#N)c(Cl)c1. The Bertz CT molecular complexity index is 449. The zero-order valence-corrected chi connectivity index (χ0v) is 12.2. The monoisotopic (exact) mass is 298 g/mol. The van der Waals surface area contributed by atoms with Gasteiger partial charge in [-0.05, 0) is 25.1 Å². The topological polar surface area (TPSA) is 74.5 Å². The Balaban J connectivity index is 2.25. The molecule has 1 atom stereocenters. The lowest BCUT2D eigenvalue weighted by molar-refractivity contribution is 0.0103. The van der Waals surface area contributed by atoms with Crippen molar-refractivity contribution in [2.45, 2.75) is 13.0 Å². The summed E-state index contributed by atoms with van der Waals surface area (Å²) in [5.74, 6) is 0. The van der Waals surface area contributed by atoms with Gasteiger partial charge < -0.3 is 19.9 Å². The van der Waals surface area contributed by atoms with Crippen LogP contribution in [-0.4, -0.2) is 44.2 Å². The number of halogens is 1. The van der Waals surface area contributed by atoms with E-state index in [-0.39, 0.29) is 6.61 Å². The minimum atomic E-state index is -0.619. The highest BCUT2D eigenvalue weighted by Crippen LogP contribution is 2.20. The highest BCUT2D eigenvalue weighted by atomic mass is 35.5. The van der Waals surface area contributed by atoms with Gasteiger partial charge in [0.15, 0.2) is 0 Å². The predicted octanol–water partition coefficient (Wildman–Crippen LogP) is 2.04. The second kappa shape index (κ2) is 9.56. The van der Waals surface area contributed by atoms with Crippen molar-refractivity contribution in [3.8, 4) is 6.07 Å². The summed E-state index contributed by atoms with van der Waals surface area (Å²) in [6, 6.07) is 7.02. The van der Waals surface area contributed by atoms with Crippen LogP contribution in [0.4, 0.5) is 5.69 Å². The number of anilines is 1. The molecule has 1 aromatic rings. The van der Waals surface area contributed by atoms with Gasteiger partial charge in [0.25, 0.3) is 0 Å². The van der Waals surface area contributed by atoms with Gasteiger partial charge >= 0.3 is 0 Å². The smallest absolute Gasteiger partial charge is 0.101 e. The summed E-state index contributed by atoms with van der Waals surface area (Å²) in [7, 11) is 0. The number of hydrogen-bond donors (Lipinski definition) is 2. The minimum Gasteiger partial charge on any atom is -0.389 e. The summed E-state index contributed by atoms with van der Waals surface area (Å²) in [5.41, 5.74) is 1.18. The largest absolute Gasteiger partial charge is 0.389 e. The number of rotatable bonds is 9.